The minimum absolute atomic E-state index is 0.110. The Kier molecular flexibility index (Phi) is 4.77. The number of amides is 1. The van der Waals surface area contributed by atoms with Crippen molar-refractivity contribution < 1.29 is 9.53 Å². The summed E-state index contributed by atoms with van der Waals surface area (Å²) in [4.78, 5) is 20.6. The monoisotopic (exact) mass is 298 g/mol. The van der Waals surface area contributed by atoms with Crippen molar-refractivity contribution >= 4 is 23.5 Å². The highest BCUT2D eigenvalue weighted by Crippen LogP contribution is 2.26. The Morgan fingerprint density at radius 3 is 3.00 bits per heavy atom. The van der Waals surface area contributed by atoms with Gasteiger partial charge in [-0.1, -0.05) is 24.9 Å². The standard InChI is InChI=1S/C13H19ClN4O2/c1-3-5-13(6-4-7-15-13)11(19)18-12-16-9(14)8-10(17-12)20-2/h8,15H,3-7H2,1-2H3,(H,16,17,18,19). The van der Waals surface area contributed by atoms with Crippen LogP contribution in [0.3, 0.4) is 0 Å². The summed E-state index contributed by atoms with van der Waals surface area (Å²) in [5, 5.41) is 6.27. The van der Waals surface area contributed by atoms with Crippen molar-refractivity contribution in [3.8, 4) is 5.88 Å². The van der Waals surface area contributed by atoms with Gasteiger partial charge in [-0.05, 0) is 25.8 Å². The van der Waals surface area contributed by atoms with Gasteiger partial charge in [-0.3, -0.25) is 10.1 Å². The zero-order chi connectivity index (χ0) is 14.6. The predicted octanol–water partition coefficient (Wildman–Crippen LogP) is 2.00. The van der Waals surface area contributed by atoms with Crippen molar-refractivity contribution in [2.45, 2.75) is 38.1 Å². The first-order valence-electron chi connectivity index (χ1n) is 6.75. The zero-order valence-electron chi connectivity index (χ0n) is 11.7. The van der Waals surface area contributed by atoms with Gasteiger partial charge in [0.2, 0.25) is 17.7 Å². The molecule has 2 rings (SSSR count). The van der Waals surface area contributed by atoms with E-state index in [1.165, 1.54) is 13.2 Å². The number of nitrogens with zero attached hydrogens (tertiary/aromatic N) is 2. The Balaban J connectivity index is 2.16. The van der Waals surface area contributed by atoms with Crippen LogP contribution in [0.25, 0.3) is 0 Å². The molecule has 0 radical (unpaired) electrons. The summed E-state index contributed by atoms with van der Waals surface area (Å²) in [5.74, 6) is 0.383. The summed E-state index contributed by atoms with van der Waals surface area (Å²) in [6, 6.07) is 1.49. The third-order valence-electron chi connectivity index (χ3n) is 3.46. The second-order valence-corrected chi connectivity index (χ2v) is 5.26. The van der Waals surface area contributed by atoms with E-state index in [2.05, 4.69) is 27.5 Å². The van der Waals surface area contributed by atoms with Gasteiger partial charge in [-0.25, -0.2) is 4.98 Å². The molecule has 2 heterocycles. The first-order valence-corrected chi connectivity index (χ1v) is 7.12. The van der Waals surface area contributed by atoms with Crippen LogP contribution in [0.1, 0.15) is 32.6 Å². The largest absolute Gasteiger partial charge is 0.481 e. The molecule has 110 valence electrons. The van der Waals surface area contributed by atoms with Gasteiger partial charge in [0, 0.05) is 6.07 Å². The lowest BCUT2D eigenvalue weighted by Crippen LogP contribution is -2.50. The molecule has 1 atom stereocenters. The van der Waals surface area contributed by atoms with Crippen LogP contribution in [-0.4, -0.2) is 35.1 Å². The summed E-state index contributed by atoms with van der Waals surface area (Å²) in [7, 11) is 1.49. The van der Waals surface area contributed by atoms with E-state index in [-0.39, 0.29) is 17.0 Å². The van der Waals surface area contributed by atoms with E-state index in [9.17, 15) is 4.79 Å². The minimum Gasteiger partial charge on any atom is -0.481 e. The number of ether oxygens (including phenoxy) is 1. The molecule has 20 heavy (non-hydrogen) atoms. The number of rotatable bonds is 5. The second kappa shape index (κ2) is 6.37. The molecular weight excluding hydrogens is 280 g/mol. The average molecular weight is 299 g/mol. The van der Waals surface area contributed by atoms with Crippen LogP contribution in [0.4, 0.5) is 5.95 Å². The van der Waals surface area contributed by atoms with Gasteiger partial charge in [0.25, 0.3) is 0 Å². The first kappa shape index (κ1) is 15.0. The Bertz CT molecular complexity index is 489. The van der Waals surface area contributed by atoms with Gasteiger partial charge in [-0.15, -0.1) is 0 Å². The van der Waals surface area contributed by atoms with E-state index in [4.69, 9.17) is 16.3 Å². The summed E-state index contributed by atoms with van der Waals surface area (Å²) in [6.07, 6.45) is 3.54. The molecule has 0 spiro atoms. The van der Waals surface area contributed by atoms with E-state index in [1.807, 2.05) is 0 Å². The molecule has 0 saturated carbocycles. The number of hydrogen-bond donors (Lipinski definition) is 2. The lowest BCUT2D eigenvalue weighted by atomic mass is 9.91. The van der Waals surface area contributed by atoms with Crippen LogP contribution in [-0.2, 0) is 4.79 Å². The first-order chi connectivity index (χ1) is 9.59. The van der Waals surface area contributed by atoms with Crippen LogP contribution in [0.5, 0.6) is 5.88 Å². The molecule has 0 bridgehead atoms. The highest BCUT2D eigenvalue weighted by molar-refractivity contribution is 6.29. The van der Waals surface area contributed by atoms with Crippen LogP contribution < -0.4 is 15.4 Å². The minimum atomic E-state index is -0.520. The van der Waals surface area contributed by atoms with Gasteiger partial charge in [0.1, 0.15) is 5.15 Å². The van der Waals surface area contributed by atoms with Crippen molar-refractivity contribution in [1.29, 1.82) is 0 Å². The maximum absolute atomic E-state index is 12.5. The fourth-order valence-electron chi connectivity index (χ4n) is 2.53. The summed E-state index contributed by atoms with van der Waals surface area (Å²) in [5.41, 5.74) is -0.520. The van der Waals surface area contributed by atoms with Gasteiger partial charge in [0.15, 0.2) is 0 Å². The molecule has 0 aromatic carbocycles. The van der Waals surface area contributed by atoms with Crippen molar-refractivity contribution in [1.82, 2.24) is 15.3 Å². The average Bonchev–Trinajstić information content (AvgIpc) is 2.88. The topological polar surface area (TPSA) is 76.1 Å². The number of nitrogens with one attached hydrogen (secondary N) is 2. The van der Waals surface area contributed by atoms with Crippen molar-refractivity contribution in [2.75, 3.05) is 19.0 Å². The molecule has 1 aromatic rings. The Morgan fingerprint density at radius 1 is 1.60 bits per heavy atom. The van der Waals surface area contributed by atoms with Crippen molar-refractivity contribution in [3.63, 3.8) is 0 Å². The SMILES string of the molecule is CCCC1(C(=O)Nc2nc(Cl)cc(OC)n2)CCCN1. The van der Waals surface area contributed by atoms with E-state index in [0.717, 1.165) is 32.2 Å². The number of halogens is 1. The molecule has 1 aliphatic heterocycles. The molecule has 1 aromatic heterocycles. The highest BCUT2D eigenvalue weighted by Gasteiger charge is 2.40. The number of hydrogen-bond acceptors (Lipinski definition) is 5. The van der Waals surface area contributed by atoms with E-state index in [1.54, 1.807) is 0 Å². The number of anilines is 1. The highest BCUT2D eigenvalue weighted by atomic mass is 35.5. The molecule has 7 heteroatoms. The van der Waals surface area contributed by atoms with Gasteiger partial charge >= 0.3 is 0 Å². The molecule has 1 saturated heterocycles. The third-order valence-corrected chi connectivity index (χ3v) is 3.65. The summed E-state index contributed by atoms with van der Waals surface area (Å²) >= 11 is 5.87. The number of carbonyl (C=O) groups is 1. The second-order valence-electron chi connectivity index (χ2n) is 4.87. The quantitative estimate of drug-likeness (QED) is 0.813. The Morgan fingerprint density at radius 2 is 2.40 bits per heavy atom. The van der Waals surface area contributed by atoms with Gasteiger partial charge in [-0.2, -0.15) is 4.98 Å². The molecule has 6 nitrogen and oxygen atoms in total. The molecule has 2 N–H and O–H groups in total. The van der Waals surface area contributed by atoms with Crippen molar-refractivity contribution in [2.24, 2.45) is 0 Å². The number of carbonyl (C=O) groups excluding carboxylic acids is 1. The smallest absolute Gasteiger partial charge is 0.247 e. The normalized spacial score (nSPS) is 21.8. The van der Waals surface area contributed by atoms with Crippen LogP contribution in [0, 0.1) is 0 Å². The van der Waals surface area contributed by atoms with E-state index in [0.29, 0.717) is 5.88 Å². The predicted molar refractivity (Wildman–Crippen MR) is 77.1 cm³/mol. The third kappa shape index (κ3) is 3.19. The van der Waals surface area contributed by atoms with Crippen molar-refractivity contribution in [3.05, 3.63) is 11.2 Å². The number of methoxy groups -OCH3 is 1. The lowest BCUT2D eigenvalue weighted by Gasteiger charge is -2.27. The van der Waals surface area contributed by atoms with Crippen LogP contribution in [0.2, 0.25) is 5.15 Å². The maximum atomic E-state index is 12.5. The molecule has 1 fully saturated rings. The van der Waals surface area contributed by atoms with Crippen LogP contribution >= 0.6 is 11.6 Å². The molecule has 1 aliphatic rings. The Hall–Kier alpha value is -1.40. The fourth-order valence-corrected chi connectivity index (χ4v) is 2.71. The Labute approximate surface area is 123 Å². The molecule has 1 unspecified atom stereocenters. The molecular formula is C13H19ClN4O2. The summed E-state index contributed by atoms with van der Waals surface area (Å²) < 4.78 is 5.01. The summed E-state index contributed by atoms with van der Waals surface area (Å²) in [6.45, 7) is 2.92. The molecule has 0 aliphatic carbocycles. The van der Waals surface area contributed by atoms with E-state index >= 15 is 0 Å². The van der Waals surface area contributed by atoms with Crippen LogP contribution in [0.15, 0.2) is 6.07 Å². The lowest BCUT2D eigenvalue weighted by molar-refractivity contribution is -0.122. The van der Waals surface area contributed by atoms with E-state index < -0.39 is 5.54 Å². The zero-order valence-corrected chi connectivity index (χ0v) is 12.5. The van der Waals surface area contributed by atoms with Gasteiger partial charge < -0.3 is 10.1 Å². The molecule has 1 amide bonds. The number of aromatic nitrogens is 2. The van der Waals surface area contributed by atoms with Gasteiger partial charge in [0.05, 0.1) is 12.6 Å². The maximum Gasteiger partial charge on any atom is 0.247 e. The fraction of sp³-hybridized carbons (Fsp3) is 0.615.